The van der Waals surface area contributed by atoms with Gasteiger partial charge in [-0.25, -0.2) is 14.8 Å². The molecule has 1 aliphatic carbocycles. The molecule has 1 aromatic carbocycles. The predicted octanol–water partition coefficient (Wildman–Crippen LogP) is 3.44. The first-order valence-electron chi connectivity index (χ1n) is 10.9. The van der Waals surface area contributed by atoms with Gasteiger partial charge in [0, 0.05) is 38.6 Å². The topological polar surface area (TPSA) is 108 Å². The number of hydrogen-bond acceptors (Lipinski definition) is 6. The zero-order valence-electron chi connectivity index (χ0n) is 18.0. The molecule has 0 bridgehead atoms. The summed E-state index contributed by atoms with van der Waals surface area (Å²) in [4.78, 5) is 35.1. The molecule has 9 nitrogen and oxygen atoms in total. The van der Waals surface area contributed by atoms with Crippen LogP contribution in [0, 0.1) is 0 Å². The van der Waals surface area contributed by atoms with Crippen molar-refractivity contribution in [1.82, 2.24) is 19.8 Å². The Labute approximate surface area is 192 Å². The number of halogens is 3. The first kappa shape index (κ1) is 22.2. The van der Waals surface area contributed by atoms with Gasteiger partial charge in [0.2, 0.25) is 5.95 Å². The molecule has 3 heterocycles. The summed E-state index contributed by atoms with van der Waals surface area (Å²) in [6.45, 7) is 1.33. The quantitative estimate of drug-likeness (QED) is 0.656. The van der Waals surface area contributed by atoms with Crippen molar-refractivity contribution >= 4 is 17.9 Å². The Morgan fingerprint density at radius 1 is 1.18 bits per heavy atom. The predicted molar refractivity (Wildman–Crippen MR) is 112 cm³/mol. The third-order valence-electron chi connectivity index (χ3n) is 6.48. The van der Waals surface area contributed by atoms with Gasteiger partial charge in [0.25, 0.3) is 5.91 Å². The van der Waals surface area contributed by atoms with Crippen LogP contribution in [-0.2, 0) is 6.54 Å². The highest BCUT2D eigenvalue weighted by Gasteiger charge is 2.56. The Kier molecular flexibility index (Phi) is 5.25. The van der Waals surface area contributed by atoms with Gasteiger partial charge in [-0.15, -0.1) is 13.2 Å². The lowest BCUT2D eigenvalue weighted by molar-refractivity contribution is -0.274. The van der Waals surface area contributed by atoms with Crippen LogP contribution in [0.5, 0.6) is 5.75 Å². The van der Waals surface area contributed by atoms with E-state index in [4.69, 9.17) is 5.11 Å². The summed E-state index contributed by atoms with van der Waals surface area (Å²) < 4.78 is 42.1. The van der Waals surface area contributed by atoms with Gasteiger partial charge < -0.3 is 25.0 Å². The van der Waals surface area contributed by atoms with E-state index in [9.17, 15) is 22.8 Å². The van der Waals surface area contributed by atoms with E-state index in [1.54, 1.807) is 4.90 Å². The minimum absolute atomic E-state index is 0.183. The number of alkyl halides is 3. The second-order valence-corrected chi connectivity index (χ2v) is 8.95. The van der Waals surface area contributed by atoms with Crippen molar-refractivity contribution in [1.29, 1.82) is 0 Å². The van der Waals surface area contributed by atoms with Crippen molar-refractivity contribution in [3.05, 3.63) is 47.3 Å². The van der Waals surface area contributed by atoms with E-state index < -0.39 is 18.0 Å². The highest BCUT2D eigenvalue weighted by molar-refractivity contribution is 5.95. The summed E-state index contributed by atoms with van der Waals surface area (Å²) in [7, 11) is 0. The highest BCUT2D eigenvalue weighted by Crippen LogP contribution is 2.42. The van der Waals surface area contributed by atoms with E-state index in [1.165, 1.54) is 29.4 Å². The molecule has 2 amide bonds. The summed E-state index contributed by atoms with van der Waals surface area (Å²) in [6.07, 6.45) is -0.363. The molecule has 0 unspecified atom stereocenters. The molecule has 2 aromatic rings. The second kappa shape index (κ2) is 8.03. The van der Waals surface area contributed by atoms with Crippen molar-refractivity contribution in [3.63, 3.8) is 0 Å². The average Bonchev–Trinajstić information content (AvgIpc) is 3.55. The lowest BCUT2D eigenvalue weighted by atomic mass is 9.77. The van der Waals surface area contributed by atoms with Gasteiger partial charge in [0.15, 0.2) is 0 Å². The number of amides is 2. The number of hydrogen-bond donors (Lipinski definition) is 2. The van der Waals surface area contributed by atoms with Crippen LogP contribution in [0.3, 0.4) is 0 Å². The average molecular weight is 477 g/mol. The van der Waals surface area contributed by atoms with E-state index in [0.717, 1.165) is 24.8 Å². The van der Waals surface area contributed by atoms with Gasteiger partial charge in [-0.3, -0.25) is 4.79 Å². The molecule has 2 saturated heterocycles. The minimum atomic E-state index is -4.77. The van der Waals surface area contributed by atoms with Crippen LogP contribution in [0.15, 0.2) is 30.6 Å². The number of nitrogens with zero attached hydrogens (tertiary/aromatic N) is 4. The molecule has 12 heteroatoms. The first-order chi connectivity index (χ1) is 16.1. The molecule has 1 aromatic heterocycles. The van der Waals surface area contributed by atoms with Gasteiger partial charge in [-0.05, 0) is 48.4 Å². The van der Waals surface area contributed by atoms with Crippen molar-refractivity contribution in [2.24, 2.45) is 0 Å². The van der Waals surface area contributed by atoms with Crippen LogP contribution in [-0.4, -0.2) is 68.4 Å². The van der Waals surface area contributed by atoms with E-state index in [2.05, 4.69) is 20.0 Å². The van der Waals surface area contributed by atoms with Crippen LogP contribution in [0.1, 0.15) is 46.7 Å². The van der Waals surface area contributed by atoms with E-state index in [0.29, 0.717) is 25.2 Å². The fourth-order valence-electron chi connectivity index (χ4n) is 4.48. The maximum absolute atomic E-state index is 12.8. The first-order valence-corrected chi connectivity index (χ1v) is 10.9. The largest absolute Gasteiger partial charge is 0.573 e. The van der Waals surface area contributed by atoms with Crippen molar-refractivity contribution in [2.45, 2.75) is 43.6 Å². The molecule has 0 radical (unpaired) electrons. The third kappa shape index (κ3) is 4.44. The molecular weight excluding hydrogens is 455 g/mol. The molecule has 1 spiro atoms. The van der Waals surface area contributed by atoms with Crippen LogP contribution < -0.4 is 10.1 Å². The Bertz CT molecular complexity index is 1110. The number of rotatable bonds is 6. The van der Waals surface area contributed by atoms with Crippen LogP contribution >= 0.6 is 0 Å². The van der Waals surface area contributed by atoms with Crippen molar-refractivity contribution in [3.8, 4) is 5.75 Å². The lowest BCUT2D eigenvalue weighted by Crippen LogP contribution is -2.78. The normalized spacial score (nSPS) is 18.8. The molecule has 3 aliphatic rings. The molecule has 0 atom stereocenters. The number of nitrogens with one attached hydrogen (secondary N) is 1. The molecule has 2 N–H and O–H groups in total. The van der Waals surface area contributed by atoms with Gasteiger partial charge in [0.05, 0.1) is 11.1 Å². The molecular formula is C22H22F3N5O4. The Morgan fingerprint density at radius 3 is 2.44 bits per heavy atom. The number of anilines is 1. The number of aromatic nitrogens is 2. The molecule has 5 rings (SSSR count). The fraction of sp³-hybridized carbons (Fsp3) is 0.455. The monoisotopic (exact) mass is 477 g/mol. The fourth-order valence-corrected chi connectivity index (χ4v) is 4.48. The van der Waals surface area contributed by atoms with Gasteiger partial charge in [-0.1, -0.05) is 6.07 Å². The number of carboxylic acid groups (broad SMARTS) is 1. The lowest BCUT2D eigenvalue weighted by Gasteiger charge is -2.61. The van der Waals surface area contributed by atoms with Crippen LogP contribution in [0.25, 0.3) is 0 Å². The van der Waals surface area contributed by atoms with Gasteiger partial charge >= 0.3 is 12.5 Å². The van der Waals surface area contributed by atoms with E-state index in [-0.39, 0.29) is 35.6 Å². The zero-order chi connectivity index (χ0) is 24.1. The summed E-state index contributed by atoms with van der Waals surface area (Å²) in [5, 5.41) is 12.0. The van der Waals surface area contributed by atoms with E-state index in [1.807, 2.05) is 6.07 Å². The zero-order valence-corrected chi connectivity index (χ0v) is 18.0. The maximum Gasteiger partial charge on any atom is 0.573 e. The Balaban J connectivity index is 1.21. The Morgan fingerprint density at radius 2 is 1.88 bits per heavy atom. The number of ether oxygens (including phenoxy) is 1. The smallest absolute Gasteiger partial charge is 0.465 e. The van der Waals surface area contributed by atoms with E-state index >= 15 is 0 Å². The molecule has 34 heavy (non-hydrogen) atoms. The summed E-state index contributed by atoms with van der Waals surface area (Å²) in [5.74, 6) is -0.0313. The van der Waals surface area contributed by atoms with Crippen LogP contribution in [0.4, 0.5) is 23.9 Å². The SMILES string of the molecule is O=C(O)N1CC2(CCN2C(=O)c2cnc(NCc3cc(OC(F)(F)F)cc(C4CC4)c3)nc2)C1. The maximum atomic E-state index is 12.8. The highest BCUT2D eigenvalue weighted by atomic mass is 19.4. The minimum Gasteiger partial charge on any atom is -0.465 e. The number of benzene rings is 1. The number of carbonyl (C=O) groups excluding carboxylic acids is 1. The van der Waals surface area contributed by atoms with Crippen LogP contribution in [0.2, 0.25) is 0 Å². The summed E-state index contributed by atoms with van der Waals surface area (Å²) in [6, 6.07) is 4.59. The number of likely N-dealkylation sites (tertiary alicyclic amines) is 2. The number of carbonyl (C=O) groups is 2. The van der Waals surface area contributed by atoms with Gasteiger partial charge in [-0.2, -0.15) is 0 Å². The second-order valence-electron chi connectivity index (χ2n) is 8.95. The van der Waals surface area contributed by atoms with Crippen molar-refractivity contribution < 1.29 is 32.6 Å². The summed E-state index contributed by atoms with van der Waals surface area (Å²) in [5.41, 5.74) is 1.26. The standard InChI is InChI=1S/C22H22F3N5O4/c23-22(24,25)34-17-6-13(5-15(7-17)14-1-2-14)8-26-19-27-9-16(10-28-19)18(31)30-4-3-21(30)11-29(12-21)20(32)33/h5-7,9-10,14H,1-4,8,11-12H2,(H,32,33)(H,26,27,28). The summed E-state index contributed by atoms with van der Waals surface area (Å²) >= 11 is 0. The Hall–Kier alpha value is -3.57. The van der Waals surface area contributed by atoms with Gasteiger partial charge in [0.1, 0.15) is 5.75 Å². The third-order valence-corrected chi connectivity index (χ3v) is 6.48. The molecule has 180 valence electrons. The van der Waals surface area contributed by atoms with Crippen molar-refractivity contribution in [2.75, 3.05) is 25.0 Å². The molecule has 1 saturated carbocycles. The molecule has 3 fully saturated rings. The molecule has 2 aliphatic heterocycles.